The fraction of sp³-hybridized carbons (Fsp3) is 0.143. The van der Waals surface area contributed by atoms with E-state index in [2.05, 4.69) is 0 Å². The minimum absolute atomic E-state index is 0.0420. The smallest absolute Gasteiger partial charge is 0.0681 e. The second-order valence-corrected chi connectivity index (χ2v) is 1.55. The average Bonchev–Trinajstić information content (AvgIpc) is 1.89. The number of aliphatic hydroxyl groups excluding tert-OH is 1. The molecular weight excluding hydrogens is 100 g/mol. The third-order valence-corrected chi connectivity index (χ3v) is 0.944. The minimum atomic E-state index is -0.0420. The molecule has 8 heavy (non-hydrogen) atoms. The molecular formula is C7H8O. The van der Waals surface area contributed by atoms with Crippen molar-refractivity contribution in [3.05, 3.63) is 35.9 Å². The molecule has 0 unspecified atom stereocenters. The van der Waals surface area contributed by atoms with E-state index in [4.69, 9.17) is 6.48 Å². The summed E-state index contributed by atoms with van der Waals surface area (Å²) in [6, 6.07) is 7.39. The van der Waals surface area contributed by atoms with Gasteiger partial charge in [0, 0.05) is 0 Å². The van der Waals surface area contributed by atoms with Crippen molar-refractivity contribution in [3.63, 3.8) is 0 Å². The van der Waals surface area contributed by atoms with Crippen LogP contribution in [0, 0.1) is 0 Å². The summed E-state index contributed by atoms with van der Waals surface area (Å²) in [5.74, 6) is 0. The topological polar surface area (TPSA) is 20.2 Å². The highest BCUT2D eigenvalue weighted by molar-refractivity contribution is 5.12. The van der Waals surface area contributed by atoms with Crippen LogP contribution in [0.2, 0.25) is 0 Å². The van der Waals surface area contributed by atoms with Crippen molar-refractivity contribution in [2.45, 2.75) is 6.61 Å². The Morgan fingerprint density at radius 1 is 1.50 bits per heavy atom. The van der Waals surface area contributed by atoms with E-state index in [-0.39, 0.29) is 6.61 Å². The molecule has 0 fully saturated rings. The molecule has 0 saturated heterocycles. The lowest BCUT2D eigenvalue weighted by molar-refractivity contribution is 0.282. The number of hydrogen-bond donors (Lipinski definition) is 1. The Bertz CT molecular complexity index is 198. The van der Waals surface area contributed by atoms with Crippen molar-refractivity contribution in [1.82, 2.24) is 0 Å². The Morgan fingerprint density at radius 3 is 2.88 bits per heavy atom. The van der Waals surface area contributed by atoms with Crippen LogP contribution < -0.4 is 0 Å². The summed E-state index contributed by atoms with van der Waals surface area (Å²) in [5, 5.41) is 8.60. The predicted molar refractivity (Wildman–Crippen MR) is 32.4 cm³/mol. The molecule has 0 aliphatic heterocycles. The molecule has 0 spiro atoms. The van der Waals surface area contributed by atoms with Crippen molar-refractivity contribution in [2.24, 2.45) is 0 Å². The molecule has 0 bridgehead atoms. The van der Waals surface area contributed by atoms with E-state index in [1.54, 1.807) is 18.2 Å². The molecule has 0 heterocycles. The molecule has 1 rings (SSSR count). The molecule has 42 valence electrons. The van der Waals surface area contributed by atoms with Crippen LogP contribution in [0.4, 0.5) is 0 Å². The van der Waals surface area contributed by atoms with Gasteiger partial charge in [0.05, 0.1) is 7.98 Å². The van der Waals surface area contributed by atoms with E-state index < -0.39 is 0 Å². The summed E-state index contributed by atoms with van der Waals surface area (Å²) >= 11 is 0. The highest BCUT2D eigenvalue weighted by atomic mass is 16.3. The maximum Gasteiger partial charge on any atom is 0.0681 e. The standard InChI is InChI=1S/C7H8O/c8-6-7-4-2-1-3-5-7/h1-5,8H,6H2/i4D. The van der Waals surface area contributed by atoms with Crippen LogP contribution in [0.5, 0.6) is 0 Å². The summed E-state index contributed by atoms with van der Waals surface area (Å²) in [5.41, 5.74) is 0.678. The van der Waals surface area contributed by atoms with Crippen molar-refractivity contribution < 1.29 is 6.48 Å². The first-order chi connectivity index (χ1) is 4.34. The minimum Gasteiger partial charge on any atom is -0.392 e. The third kappa shape index (κ3) is 1.07. The predicted octanol–water partition coefficient (Wildman–Crippen LogP) is 1.18. The van der Waals surface area contributed by atoms with Gasteiger partial charge in [0.25, 0.3) is 0 Å². The van der Waals surface area contributed by atoms with Crippen LogP contribution in [0.15, 0.2) is 30.3 Å². The lowest BCUT2D eigenvalue weighted by atomic mass is 10.2. The number of aliphatic hydroxyl groups is 1. The van der Waals surface area contributed by atoms with Gasteiger partial charge in [0.2, 0.25) is 0 Å². The normalized spacial score (nSPS) is 10.9. The summed E-state index contributed by atoms with van der Waals surface area (Å²) < 4.78 is 7.21. The van der Waals surface area contributed by atoms with Crippen molar-refractivity contribution >= 4 is 0 Å². The highest BCUT2D eigenvalue weighted by Gasteiger charge is 1.81. The maximum atomic E-state index is 8.60. The lowest BCUT2D eigenvalue weighted by Crippen LogP contribution is -1.77. The molecule has 1 aromatic carbocycles. The van der Waals surface area contributed by atoms with Gasteiger partial charge >= 0.3 is 0 Å². The highest BCUT2D eigenvalue weighted by Crippen LogP contribution is 1.95. The van der Waals surface area contributed by atoms with E-state index in [0.29, 0.717) is 11.6 Å². The van der Waals surface area contributed by atoms with Crippen molar-refractivity contribution in [3.8, 4) is 0 Å². The van der Waals surface area contributed by atoms with Gasteiger partial charge < -0.3 is 5.11 Å². The van der Waals surface area contributed by atoms with E-state index in [1.165, 1.54) is 0 Å². The Labute approximate surface area is 50.0 Å². The van der Waals surface area contributed by atoms with Gasteiger partial charge in [0.1, 0.15) is 0 Å². The van der Waals surface area contributed by atoms with Crippen LogP contribution in [0.1, 0.15) is 6.93 Å². The van der Waals surface area contributed by atoms with Crippen LogP contribution in [-0.4, -0.2) is 5.11 Å². The fourth-order valence-corrected chi connectivity index (χ4v) is 0.529. The fourth-order valence-electron chi connectivity index (χ4n) is 0.529. The van der Waals surface area contributed by atoms with E-state index in [1.807, 2.05) is 6.07 Å². The summed E-state index contributed by atoms with van der Waals surface area (Å²) in [6.07, 6.45) is 0. The third-order valence-electron chi connectivity index (χ3n) is 0.944. The zero-order chi connectivity index (χ0) is 6.69. The quantitative estimate of drug-likeness (QED) is 0.574. The molecule has 1 aromatic rings. The number of rotatable bonds is 1. The Balaban J connectivity index is 3.01. The van der Waals surface area contributed by atoms with Crippen molar-refractivity contribution in [1.29, 1.82) is 0 Å². The van der Waals surface area contributed by atoms with Gasteiger partial charge in [-0.3, -0.25) is 0 Å². The molecule has 0 saturated carbocycles. The molecule has 0 radical (unpaired) electrons. The van der Waals surface area contributed by atoms with Gasteiger partial charge in [-0.15, -0.1) is 0 Å². The zero-order valence-corrected chi connectivity index (χ0v) is 4.46. The zero-order valence-electron chi connectivity index (χ0n) is 5.46. The second-order valence-electron chi connectivity index (χ2n) is 1.55. The monoisotopic (exact) mass is 109 g/mol. The SMILES string of the molecule is [2H]c1ccccc1CO. The van der Waals surface area contributed by atoms with E-state index in [9.17, 15) is 0 Å². The molecule has 1 heteroatoms. The van der Waals surface area contributed by atoms with Gasteiger partial charge in [0.15, 0.2) is 0 Å². The molecule has 1 nitrogen and oxygen atoms in total. The lowest BCUT2D eigenvalue weighted by Gasteiger charge is -1.89. The number of hydrogen-bond acceptors (Lipinski definition) is 1. The summed E-state index contributed by atoms with van der Waals surface area (Å²) in [7, 11) is 0. The largest absolute Gasteiger partial charge is 0.392 e. The Kier molecular flexibility index (Phi) is 1.27. The first kappa shape index (κ1) is 4.10. The van der Waals surface area contributed by atoms with Crippen molar-refractivity contribution in [2.75, 3.05) is 0 Å². The first-order valence-electron chi connectivity index (χ1n) is 3.00. The molecule has 0 aliphatic rings. The van der Waals surface area contributed by atoms with Crippen LogP contribution in [-0.2, 0) is 6.61 Å². The van der Waals surface area contributed by atoms with Crippen LogP contribution >= 0.6 is 0 Å². The molecule has 0 aliphatic carbocycles. The second kappa shape index (κ2) is 2.48. The summed E-state index contributed by atoms with van der Waals surface area (Å²) in [4.78, 5) is 0. The first-order valence-corrected chi connectivity index (χ1v) is 2.50. The Morgan fingerprint density at radius 2 is 2.38 bits per heavy atom. The number of benzene rings is 1. The molecule has 0 atom stereocenters. The van der Waals surface area contributed by atoms with Gasteiger partial charge in [-0.25, -0.2) is 0 Å². The van der Waals surface area contributed by atoms with Crippen LogP contribution in [0.25, 0.3) is 0 Å². The van der Waals surface area contributed by atoms with Gasteiger partial charge in [-0.2, -0.15) is 0 Å². The van der Waals surface area contributed by atoms with Gasteiger partial charge in [-0.1, -0.05) is 30.3 Å². The Hall–Kier alpha value is -0.820. The average molecular weight is 109 g/mol. The molecule has 0 amide bonds. The van der Waals surface area contributed by atoms with E-state index >= 15 is 0 Å². The molecule has 1 N–H and O–H groups in total. The van der Waals surface area contributed by atoms with Crippen LogP contribution in [0.3, 0.4) is 0 Å². The summed E-state index contributed by atoms with van der Waals surface area (Å²) in [6.45, 7) is -0.0420. The van der Waals surface area contributed by atoms with E-state index in [0.717, 1.165) is 0 Å². The maximum absolute atomic E-state index is 8.60. The molecule has 0 aromatic heterocycles. The van der Waals surface area contributed by atoms with Gasteiger partial charge in [-0.05, 0) is 5.56 Å².